The highest BCUT2D eigenvalue weighted by molar-refractivity contribution is 6.04. The first-order valence-electron chi connectivity index (χ1n) is 13.7. The van der Waals surface area contributed by atoms with Gasteiger partial charge >= 0.3 is 6.18 Å². The van der Waals surface area contributed by atoms with Gasteiger partial charge in [-0.25, -0.2) is 4.98 Å². The number of aromatic nitrogens is 2. The number of alkyl halides is 3. The zero-order chi connectivity index (χ0) is 30.0. The summed E-state index contributed by atoms with van der Waals surface area (Å²) in [6.07, 6.45) is -2.91. The molecule has 1 aliphatic heterocycles. The third-order valence-corrected chi connectivity index (χ3v) is 7.61. The maximum Gasteiger partial charge on any atom is 0.416 e. The standard InChI is InChI=1S/C31H33F3N6O2/c1-19-4-7-25(13-24(19)16-35-26-12-23-15-28(20(2)41)38-29(23)36-17-26)37-30(42)21-5-6-22(27(14-21)31(32,33)34)18-40-10-8-39(3)9-11-40/h4-7,12-15,17,35H,8-11,16,18H2,1-3H3,(H,36,38)(H,37,42). The predicted molar refractivity (Wildman–Crippen MR) is 157 cm³/mol. The number of carbonyl (C=O) groups is 2. The van der Waals surface area contributed by atoms with Crippen LogP contribution < -0.4 is 10.6 Å². The lowest BCUT2D eigenvalue weighted by atomic mass is 10.0. The van der Waals surface area contributed by atoms with Crippen LogP contribution in [0.15, 0.2) is 54.7 Å². The summed E-state index contributed by atoms with van der Waals surface area (Å²) >= 11 is 0. The summed E-state index contributed by atoms with van der Waals surface area (Å²) < 4.78 is 42.0. The number of hydrogen-bond donors (Lipinski definition) is 3. The van der Waals surface area contributed by atoms with Crippen molar-refractivity contribution < 1.29 is 22.8 Å². The molecule has 3 N–H and O–H groups in total. The lowest BCUT2D eigenvalue weighted by Gasteiger charge is -2.33. The molecule has 2 aromatic heterocycles. The van der Waals surface area contributed by atoms with Crippen molar-refractivity contribution >= 4 is 34.1 Å². The number of carbonyl (C=O) groups excluding carboxylic acids is 2. The fraction of sp³-hybridized carbons (Fsp3) is 0.323. The Kier molecular flexibility index (Phi) is 8.33. The van der Waals surface area contributed by atoms with Gasteiger partial charge in [0.25, 0.3) is 5.91 Å². The summed E-state index contributed by atoms with van der Waals surface area (Å²) in [6, 6.07) is 12.8. The second-order valence-corrected chi connectivity index (χ2v) is 10.8. The van der Waals surface area contributed by atoms with Gasteiger partial charge < -0.3 is 20.5 Å². The van der Waals surface area contributed by atoms with Gasteiger partial charge in [0.15, 0.2) is 5.78 Å². The van der Waals surface area contributed by atoms with Crippen LogP contribution in [0.2, 0.25) is 0 Å². The highest BCUT2D eigenvalue weighted by Gasteiger charge is 2.34. The second kappa shape index (κ2) is 11.9. The minimum atomic E-state index is -4.58. The summed E-state index contributed by atoms with van der Waals surface area (Å²) in [6.45, 7) is 7.02. The Morgan fingerprint density at radius 1 is 0.976 bits per heavy atom. The minimum Gasteiger partial charge on any atom is -0.380 e. The zero-order valence-corrected chi connectivity index (χ0v) is 23.7. The van der Waals surface area contributed by atoms with Crippen molar-refractivity contribution in [3.05, 3.63) is 88.2 Å². The van der Waals surface area contributed by atoms with E-state index in [1.807, 2.05) is 31.0 Å². The minimum absolute atomic E-state index is 0.0551. The van der Waals surface area contributed by atoms with Crippen molar-refractivity contribution in [2.45, 2.75) is 33.1 Å². The van der Waals surface area contributed by atoms with Crippen LogP contribution in [0.5, 0.6) is 0 Å². The fourth-order valence-corrected chi connectivity index (χ4v) is 5.01. The van der Waals surface area contributed by atoms with Crippen molar-refractivity contribution in [3.8, 4) is 0 Å². The zero-order valence-electron chi connectivity index (χ0n) is 23.7. The number of fused-ring (bicyclic) bond motifs is 1. The molecule has 0 saturated carbocycles. The third kappa shape index (κ3) is 6.80. The van der Waals surface area contributed by atoms with Gasteiger partial charge in [0, 0.05) is 62.8 Å². The number of aryl methyl sites for hydroxylation is 1. The molecule has 42 heavy (non-hydrogen) atoms. The molecule has 11 heteroatoms. The van der Waals surface area contributed by atoms with Crippen LogP contribution in [0.4, 0.5) is 24.5 Å². The number of H-pyrrole nitrogens is 1. The van der Waals surface area contributed by atoms with Crippen molar-refractivity contribution in [2.75, 3.05) is 43.9 Å². The Bertz CT molecular complexity index is 1620. The molecular weight excluding hydrogens is 545 g/mol. The molecule has 1 aliphatic rings. The van der Waals surface area contributed by atoms with Crippen LogP contribution in [0.25, 0.3) is 11.0 Å². The van der Waals surface area contributed by atoms with Crippen LogP contribution >= 0.6 is 0 Å². The molecular formula is C31H33F3N6O2. The first-order valence-corrected chi connectivity index (χ1v) is 13.7. The molecule has 0 bridgehead atoms. The molecule has 0 aliphatic carbocycles. The van der Waals surface area contributed by atoms with E-state index >= 15 is 0 Å². The van der Waals surface area contributed by atoms with E-state index in [1.165, 1.54) is 19.1 Å². The SMILES string of the molecule is CC(=O)c1cc2cc(NCc3cc(NC(=O)c4ccc(CN5CCN(C)CC5)c(C(F)(F)F)c4)ccc3C)cnc2[nH]1. The fourth-order valence-electron chi connectivity index (χ4n) is 5.01. The number of aromatic amines is 1. The van der Waals surface area contributed by atoms with E-state index in [0.717, 1.165) is 41.4 Å². The topological polar surface area (TPSA) is 93.4 Å². The maximum atomic E-state index is 14.0. The van der Waals surface area contributed by atoms with Crippen LogP contribution in [0.1, 0.15) is 50.0 Å². The van der Waals surface area contributed by atoms with Gasteiger partial charge in [-0.05, 0) is 67.1 Å². The van der Waals surface area contributed by atoms with Crippen LogP contribution in [-0.4, -0.2) is 64.7 Å². The molecule has 4 aromatic rings. The molecule has 1 amide bonds. The predicted octanol–water partition coefficient (Wildman–Crippen LogP) is 5.70. The molecule has 0 atom stereocenters. The van der Waals surface area contributed by atoms with E-state index in [-0.39, 0.29) is 23.5 Å². The van der Waals surface area contributed by atoms with Gasteiger partial charge in [-0.15, -0.1) is 0 Å². The van der Waals surface area contributed by atoms with E-state index in [0.29, 0.717) is 36.7 Å². The van der Waals surface area contributed by atoms with E-state index in [9.17, 15) is 22.8 Å². The summed E-state index contributed by atoms with van der Waals surface area (Å²) in [7, 11) is 1.99. The Hall–Kier alpha value is -4.22. The molecule has 0 spiro atoms. The molecule has 0 unspecified atom stereocenters. The van der Waals surface area contributed by atoms with Gasteiger partial charge in [0.05, 0.1) is 23.1 Å². The quantitative estimate of drug-likeness (QED) is 0.232. The number of anilines is 2. The average Bonchev–Trinajstić information content (AvgIpc) is 3.38. The van der Waals surface area contributed by atoms with Gasteiger partial charge in [-0.3, -0.25) is 14.5 Å². The van der Waals surface area contributed by atoms with E-state index in [1.54, 1.807) is 24.4 Å². The smallest absolute Gasteiger partial charge is 0.380 e. The number of pyridine rings is 1. The number of nitrogens with one attached hydrogen (secondary N) is 3. The van der Waals surface area contributed by atoms with Crippen molar-refractivity contribution in [2.24, 2.45) is 0 Å². The number of ketones is 1. The Morgan fingerprint density at radius 3 is 2.45 bits per heavy atom. The number of nitrogens with zero attached hydrogens (tertiary/aromatic N) is 3. The normalized spacial score (nSPS) is 14.7. The molecule has 1 saturated heterocycles. The van der Waals surface area contributed by atoms with Crippen molar-refractivity contribution in [3.63, 3.8) is 0 Å². The van der Waals surface area contributed by atoms with Gasteiger partial charge in [-0.2, -0.15) is 13.2 Å². The highest BCUT2D eigenvalue weighted by Crippen LogP contribution is 2.34. The average molecular weight is 579 g/mol. The van der Waals surface area contributed by atoms with Gasteiger partial charge in [0.2, 0.25) is 0 Å². The van der Waals surface area contributed by atoms with Gasteiger partial charge in [0.1, 0.15) is 5.65 Å². The number of rotatable bonds is 8. The van der Waals surface area contributed by atoms with Crippen LogP contribution in [0.3, 0.4) is 0 Å². The number of benzene rings is 2. The second-order valence-electron chi connectivity index (χ2n) is 10.8. The summed E-state index contributed by atoms with van der Waals surface area (Å²) in [4.78, 5) is 36.2. The monoisotopic (exact) mass is 578 g/mol. The first-order chi connectivity index (χ1) is 20.0. The Balaban J connectivity index is 1.28. The third-order valence-electron chi connectivity index (χ3n) is 7.61. The summed E-state index contributed by atoms with van der Waals surface area (Å²) in [5.74, 6) is -0.689. The lowest BCUT2D eigenvalue weighted by molar-refractivity contribution is -0.138. The van der Waals surface area contributed by atoms with Gasteiger partial charge in [-0.1, -0.05) is 12.1 Å². The molecule has 220 valence electrons. The van der Waals surface area contributed by atoms with E-state index in [2.05, 4.69) is 25.5 Å². The largest absolute Gasteiger partial charge is 0.416 e. The van der Waals surface area contributed by atoms with Crippen molar-refractivity contribution in [1.29, 1.82) is 0 Å². The highest BCUT2D eigenvalue weighted by atomic mass is 19.4. The first kappa shape index (κ1) is 29.3. The number of hydrogen-bond acceptors (Lipinski definition) is 6. The molecule has 0 radical (unpaired) electrons. The molecule has 8 nitrogen and oxygen atoms in total. The molecule has 1 fully saturated rings. The van der Waals surface area contributed by atoms with Crippen LogP contribution in [0, 0.1) is 6.92 Å². The Labute approximate surface area is 241 Å². The maximum absolute atomic E-state index is 14.0. The summed E-state index contributed by atoms with van der Waals surface area (Å²) in [5, 5.41) is 6.85. The number of amides is 1. The summed E-state index contributed by atoms with van der Waals surface area (Å²) in [5.41, 5.74) is 3.52. The number of Topliss-reactive ketones (excluding diaryl/α,β-unsaturated/α-hetero) is 1. The Morgan fingerprint density at radius 2 is 1.74 bits per heavy atom. The molecule has 5 rings (SSSR count). The number of halogens is 3. The number of piperazine rings is 1. The molecule has 2 aromatic carbocycles. The molecule has 3 heterocycles. The van der Waals surface area contributed by atoms with E-state index < -0.39 is 17.6 Å². The van der Waals surface area contributed by atoms with Crippen LogP contribution in [-0.2, 0) is 19.3 Å². The lowest BCUT2D eigenvalue weighted by Crippen LogP contribution is -2.44. The number of likely N-dealkylation sites (N-methyl/N-ethyl adjacent to an activating group) is 1. The van der Waals surface area contributed by atoms with E-state index in [4.69, 9.17) is 0 Å². The van der Waals surface area contributed by atoms with Crippen molar-refractivity contribution in [1.82, 2.24) is 19.8 Å².